The molecule has 0 fully saturated rings. The maximum absolute atomic E-state index is 12.2. The molecule has 0 radical (unpaired) electrons. The first-order valence-corrected chi connectivity index (χ1v) is 5.97. The van der Waals surface area contributed by atoms with Gasteiger partial charge in [-0.05, 0) is 31.2 Å². The number of carbonyl (C=O) groups is 2. The molecule has 0 aliphatic carbocycles. The van der Waals surface area contributed by atoms with E-state index in [1.807, 2.05) is 0 Å². The van der Waals surface area contributed by atoms with E-state index < -0.39 is 11.3 Å². The van der Waals surface area contributed by atoms with E-state index in [-0.39, 0.29) is 17.1 Å². The van der Waals surface area contributed by atoms with E-state index in [4.69, 9.17) is 0 Å². The third-order valence-electron chi connectivity index (χ3n) is 2.99. The van der Waals surface area contributed by atoms with E-state index in [9.17, 15) is 19.5 Å². The molecule has 0 aliphatic heterocycles. The molecule has 5 heteroatoms. The smallest absolute Gasteiger partial charge is 0.265 e. The van der Waals surface area contributed by atoms with Crippen LogP contribution in [0.3, 0.4) is 0 Å². The summed E-state index contributed by atoms with van der Waals surface area (Å²) in [5.41, 5.74) is -0.398. The number of nitrogens with zero attached hydrogens (tertiary/aromatic N) is 1. The molecule has 1 heterocycles. The van der Waals surface area contributed by atoms with E-state index in [0.29, 0.717) is 10.9 Å². The number of hydrogen-bond acceptors (Lipinski definition) is 4. The van der Waals surface area contributed by atoms with Crippen molar-refractivity contribution in [1.82, 2.24) is 4.57 Å². The van der Waals surface area contributed by atoms with Crippen molar-refractivity contribution in [2.24, 2.45) is 7.05 Å². The fourth-order valence-corrected chi connectivity index (χ4v) is 1.98. The summed E-state index contributed by atoms with van der Waals surface area (Å²) in [5.74, 6) is -1.36. The number of hydrogen-bond donors (Lipinski definition) is 1. The summed E-state index contributed by atoms with van der Waals surface area (Å²) in [6, 6.07) is 6.73. The molecule has 0 atom stereocenters. The first kappa shape index (κ1) is 13.7. The van der Waals surface area contributed by atoms with Crippen LogP contribution in [0.5, 0.6) is 5.75 Å². The standard InChI is InChI=1S/C15H13NO4/c1-9(17)7-8-12(18)13-14(19)10-5-3-4-6-11(10)16(2)15(13)20/h3-8,19H,1-2H3/b8-7+. The number of ketones is 2. The number of aromatic hydroxyl groups is 1. The molecule has 0 amide bonds. The molecule has 5 nitrogen and oxygen atoms in total. The molecule has 0 spiro atoms. The highest BCUT2D eigenvalue weighted by Crippen LogP contribution is 2.26. The van der Waals surface area contributed by atoms with E-state index in [2.05, 4.69) is 0 Å². The van der Waals surface area contributed by atoms with Crippen molar-refractivity contribution in [3.05, 3.63) is 52.3 Å². The van der Waals surface area contributed by atoms with Gasteiger partial charge in [0.2, 0.25) is 0 Å². The van der Waals surface area contributed by atoms with Gasteiger partial charge in [-0.25, -0.2) is 0 Å². The maximum atomic E-state index is 12.2. The molecule has 0 aliphatic rings. The second-order valence-electron chi connectivity index (χ2n) is 4.41. The van der Waals surface area contributed by atoms with Gasteiger partial charge in [-0.3, -0.25) is 14.4 Å². The Bertz CT molecular complexity index is 799. The Kier molecular flexibility index (Phi) is 3.52. The Morgan fingerprint density at radius 2 is 1.85 bits per heavy atom. The lowest BCUT2D eigenvalue weighted by Gasteiger charge is -2.09. The van der Waals surface area contributed by atoms with Crippen LogP contribution in [0.2, 0.25) is 0 Å². The van der Waals surface area contributed by atoms with Crippen molar-refractivity contribution in [3.63, 3.8) is 0 Å². The Balaban J connectivity index is 2.75. The Labute approximate surface area is 114 Å². The van der Waals surface area contributed by atoms with E-state index >= 15 is 0 Å². The van der Waals surface area contributed by atoms with Crippen molar-refractivity contribution in [3.8, 4) is 5.75 Å². The van der Waals surface area contributed by atoms with Gasteiger partial charge in [-0.15, -0.1) is 0 Å². The van der Waals surface area contributed by atoms with E-state index in [1.165, 1.54) is 18.5 Å². The first-order valence-electron chi connectivity index (χ1n) is 5.97. The van der Waals surface area contributed by atoms with Crippen LogP contribution in [0.25, 0.3) is 10.9 Å². The number of aryl methyl sites for hydroxylation is 1. The number of para-hydroxylation sites is 1. The number of benzene rings is 1. The molecule has 102 valence electrons. The maximum Gasteiger partial charge on any atom is 0.265 e. The van der Waals surface area contributed by atoms with Crippen molar-refractivity contribution in [1.29, 1.82) is 0 Å². The fraction of sp³-hybridized carbons (Fsp3) is 0.133. The summed E-state index contributed by atoms with van der Waals surface area (Å²) in [5, 5.41) is 10.5. The zero-order chi connectivity index (χ0) is 14.9. The van der Waals surface area contributed by atoms with Crippen LogP contribution in [-0.2, 0) is 11.8 Å². The molecule has 1 aromatic heterocycles. The van der Waals surface area contributed by atoms with Crippen LogP contribution in [-0.4, -0.2) is 21.2 Å². The molecule has 0 bridgehead atoms. The summed E-state index contributed by atoms with van der Waals surface area (Å²) in [6.45, 7) is 1.29. The minimum absolute atomic E-state index is 0.310. The van der Waals surface area contributed by atoms with Crippen LogP contribution in [0, 0.1) is 0 Å². The lowest BCUT2D eigenvalue weighted by molar-refractivity contribution is -0.112. The van der Waals surface area contributed by atoms with Crippen molar-refractivity contribution in [2.45, 2.75) is 6.92 Å². The molecular formula is C15H13NO4. The molecule has 2 rings (SSSR count). The van der Waals surface area contributed by atoms with Gasteiger partial charge in [0.05, 0.1) is 5.52 Å². The SMILES string of the molecule is CC(=O)/C=C/C(=O)c1c(O)c2ccccc2n(C)c1=O. The Morgan fingerprint density at radius 3 is 2.50 bits per heavy atom. The number of pyridine rings is 1. The molecule has 1 aromatic carbocycles. The van der Waals surface area contributed by atoms with Crippen molar-refractivity contribution < 1.29 is 14.7 Å². The van der Waals surface area contributed by atoms with Crippen molar-refractivity contribution >= 4 is 22.5 Å². The van der Waals surface area contributed by atoms with Gasteiger partial charge in [-0.1, -0.05) is 12.1 Å². The summed E-state index contributed by atoms with van der Waals surface area (Å²) >= 11 is 0. The number of aromatic nitrogens is 1. The van der Waals surface area contributed by atoms with Crippen LogP contribution in [0.4, 0.5) is 0 Å². The van der Waals surface area contributed by atoms with Gasteiger partial charge in [-0.2, -0.15) is 0 Å². The van der Waals surface area contributed by atoms with Crippen LogP contribution >= 0.6 is 0 Å². The minimum atomic E-state index is -0.691. The summed E-state index contributed by atoms with van der Waals surface area (Å²) in [4.78, 5) is 35.0. The largest absolute Gasteiger partial charge is 0.506 e. The molecule has 2 aromatic rings. The van der Waals surface area contributed by atoms with E-state index in [0.717, 1.165) is 12.2 Å². The minimum Gasteiger partial charge on any atom is -0.506 e. The van der Waals surface area contributed by atoms with Crippen LogP contribution in [0.1, 0.15) is 17.3 Å². The molecule has 1 N–H and O–H groups in total. The van der Waals surface area contributed by atoms with Crippen LogP contribution in [0.15, 0.2) is 41.2 Å². The van der Waals surface area contributed by atoms with Gasteiger partial charge in [0, 0.05) is 12.4 Å². The third-order valence-corrected chi connectivity index (χ3v) is 2.99. The highest BCUT2D eigenvalue weighted by Gasteiger charge is 2.18. The Morgan fingerprint density at radius 1 is 1.20 bits per heavy atom. The average Bonchev–Trinajstić information content (AvgIpc) is 2.43. The molecule has 0 saturated heterocycles. The third kappa shape index (κ3) is 2.25. The topological polar surface area (TPSA) is 76.4 Å². The number of rotatable bonds is 3. The number of fused-ring (bicyclic) bond motifs is 1. The summed E-state index contributed by atoms with van der Waals surface area (Å²) < 4.78 is 1.30. The summed E-state index contributed by atoms with van der Waals surface area (Å²) in [6.07, 6.45) is 2.06. The van der Waals surface area contributed by atoms with Crippen LogP contribution < -0.4 is 5.56 Å². The quantitative estimate of drug-likeness (QED) is 0.679. The number of carbonyl (C=O) groups excluding carboxylic acids is 2. The van der Waals surface area contributed by atoms with Gasteiger partial charge >= 0.3 is 0 Å². The van der Waals surface area contributed by atoms with E-state index in [1.54, 1.807) is 24.3 Å². The molecule has 0 saturated carbocycles. The van der Waals surface area contributed by atoms with Gasteiger partial charge < -0.3 is 9.67 Å². The number of allylic oxidation sites excluding steroid dienone is 2. The second kappa shape index (κ2) is 5.13. The highest BCUT2D eigenvalue weighted by molar-refractivity contribution is 6.11. The molecule has 20 heavy (non-hydrogen) atoms. The monoisotopic (exact) mass is 271 g/mol. The summed E-state index contributed by atoms with van der Waals surface area (Å²) in [7, 11) is 1.52. The Hall–Kier alpha value is -2.69. The predicted octanol–water partition coefficient (Wildman–Crippen LogP) is 1.57. The fourth-order valence-electron chi connectivity index (χ4n) is 1.98. The molecule has 0 unspecified atom stereocenters. The highest BCUT2D eigenvalue weighted by atomic mass is 16.3. The zero-order valence-corrected chi connectivity index (χ0v) is 11.1. The predicted molar refractivity (Wildman–Crippen MR) is 75.0 cm³/mol. The average molecular weight is 271 g/mol. The molecular weight excluding hydrogens is 258 g/mol. The van der Waals surface area contributed by atoms with Gasteiger partial charge in [0.15, 0.2) is 11.6 Å². The normalized spacial score (nSPS) is 11.1. The van der Waals surface area contributed by atoms with Gasteiger partial charge in [0.1, 0.15) is 11.3 Å². The second-order valence-corrected chi connectivity index (χ2v) is 4.41. The zero-order valence-electron chi connectivity index (χ0n) is 11.1. The first-order chi connectivity index (χ1) is 9.43. The lowest BCUT2D eigenvalue weighted by Crippen LogP contribution is -2.24. The van der Waals surface area contributed by atoms with Gasteiger partial charge in [0.25, 0.3) is 5.56 Å². The lowest BCUT2D eigenvalue weighted by atomic mass is 10.1. The van der Waals surface area contributed by atoms with Crippen molar-refractivity contribution in [2.75, 3.05) is 0 Å².